The fourth-order valence-electron chi connectivity index (χ4n) is 1.89. The van der Waals surface area contributed by atoms with Gasteiger partial charge in [0.05, 0.1) is 0 Å². The van der Waals surface area contributed by atoms with Gasteiger partial charge in [-0.2, -0.15) is 0 Å². The Morgan fingerprint density at radius 3 is 2.59 bits per heavy atom. The van der Waals surface area contributed by atoms with Gasteiger partial charge in [0, 0.05) is 30.6 Å². The number of oxazole rings is 1. The largest absolute Gasteiger partial charge is 0.443 e. The third kappa shape index (κ3) is 1.76. The summed E-state index contributed by atoms with van der Waals surface area (Å²) >= 11 is 0. The maximum absolute atomic E-state index is 5.49. The average Bonchev–Trinajstić information content (AvgIpc) is 2.98. The van der Waals surface area contributed by atoms with E-state index in [1.807, 2.05) is 60.4 Å². The molecule has 0 amide bonds. The molecule has 3 heteroatoms. The predicted molar refractivity (Wildman–Crippen MR) is 66.3 cm³/mol. The molecule has 84 valence electrons. The van der Waals surface area contributed by atoms with Crippen LogP contribution < -0.4 is 0 Å². The molecule has 0 bridgehead atoms. The summed E-state index contributed by atoms with van der Waals surface area (Å²) in [6.45, 7) is 0. The molecule has 1 aromatic carbocycles. The highest BCUT2D eigenvalue weighted by atomic mass is 16.3. The van der Waals surface area contributed by atoms with Gasteiger partial charge in [-0.1, -0.05) is 30.3 Å². The molecule has 2 aromatic heterocycles. The number of nitrogens with zero attached hydrogens (tertiary/aromatic N) is 2. The van der Waals surface area contributed by atoms with Crippen molar-refractivity contribution in [2.75, 3.05) is 0 Å². The third-order valence-corrected chi connectivity index (χ3v) is 2.71. The molecule has 0 aliphatic carbocycles. The number of aromatic nitrogens is 2. The van der Waals surface area contributed by atoms with Crippen molar-refractivity contribution in [3.63, 3.8) is 0 Å². The van der Waals surface area contributed by atoms with Gasteiger partial charge in [0.1, 0.15) is 5.69 Å². The van der Waals surface area contributed by atoms with Gasteiger partial charge >= 0.3 is 0 Å². The Hall–Kier alpha value is -2.29. The molecule has 0 atom stereocenters. The Morgan fingerprint density at radius 1 is 1.06 bits per heavy atom. The van der Waals surface area contributed by atoms with Crippen LogP contribution in [0.25, 0.3) is 22.6 Å². The summed E-state index contributed by atoms with van der Waals surface area (Å²) in [5.41, 5.74) is 3.00. The van der Waals surface area contributed by atoms with Gasteiger partial charge in [-0.05, 0) is 6.07 Å². The van der Waals surface area contributed by atoms with Crippen molar-refractivity contribution in [2.45, 2.75) is 0 Å². The molecule has 0 aliphatic rings. The molecule has 0 N–H and O–H groups in total. The van der Waals surface area contributed by atoms with E-state index in [0.717, 1.165) is 22.6 Å². The molecule has 3 nitrogen and oxygen atoms in total. The third-order valence-electron chi connectivity index (χ3n) is 2.71. The first-order valence-corrected chi connectivity index (χ1v) is 5.46. The van der Waals surface area contributed by atoms with Crippen molar-refractivity contribution in [3.05, 3.63) is 55.2 Å². The minimum absolute atomic E-state index is 0.816. The van der Waals surface area contributed by atoms with Crippen LogP contribution in [0.5, 0.6) is 0 Å². The van der Waals surface area contributed by atoms with Gasteiger partial charge < -0.3 is 8.98 Å². The van der Waals surface area contributed by atoms with Crippen molar-refractivity contribution < 1.29 is 4.42 Å². The average molecular weight is 224 g/mol. The summed E-state index contributed by atoms with van der Waals surface area (Å²) in [7, 11) is 1.99. The molecule has 0 aliphatic heterocycles. The lowest BCUT2D eigenvalue weighted by atomic mass is 10.1. The lowest BCUT2D eigenvalue weighted by molar-refractivity contribution is 0.572. The number of hydrogen-bond donors (Lipinski definition) is 0. The van der Waals surface area contributed by atoms with E-state index in [1.54, 1.807) is 0 Å². The van der Waals surface area contributed by atoms with E-state index in [4.69, 9.17) is 4.42 Å². The van der Waals surface area contributed by atoms with Crippen LogP contribution in [0.3, 0.4) is 0 Å². The molecule has 0 radical (unpaired) electrons. The van der Waals surface area contributed by atoms with Gasteiger partial charge in [0.2, 0.25) is 0 Å². The first kappa shape index (κ1) is 9.90. The Kier molecular flexibility index (Phi) is 2.29. The highest BCUT2D eigenvalue weighted by Gasteiger charge is 2.12. The Labute approximate surface area is 99.3 Å². The van der Waals surface area contributed by atoms with Crippen molar-refractivity contribution in [1.82, 2.24) is 9.55 Å². The highest BCUT2D eigenvalue weighted by molar-refractivity contribution is 5.76. The maximum atomic E-state index is 5.49. The molecule has 2 heterocycles. The predicted octanol–water partition coefficient (Wildman–Crippen LogP) is 3.35. The number of hydrogen-bond acceptors (Lipinski definition) is 2. The van der Waals surface area contributed by atoms with Gasteiger partial charge in [0.25, 0.3) is 0 Å². The number of benzene rings is 1. The normalized spacial score (nSPS) is 10.6. The lowest BCUT2D eigenvalue weighted by Gasteiger charge is -1.98. The summed E-state index contributed by atoms with van der Waals surface area (Å²) in [6.07, 6.45) is 5.52. The van der Waals surface area contributed by atoms with Crippen LogP contribution in [0.4, 0.5) is 0 Å². The second-order valence-corrected chi connectivity index (χ2v) is 3.96. The first-order valence-electron chi connectivity index (χ1n) is 5.46. The van der Waals surface area contributed by atoms with Crippen molar-refractivity contribution in [1.29, 1.82) is 0 Å². The van der Waals surface area contributed by atoms with Gasteiger partial charge in [0.15, 0.2) is 12.2 Å². The molecule has 3 aromatic rings. The van der Waals surface area contributed by atoms with Crippen LogP contribution in [0.2, 0.25) is 0 Å². The molecule has 0 fully saturated rings. The molecule has 3 rings (SSSR count). The van der Waals surface area contributed by atoms with Gasteiger partial charge in [-0.15, -0.1) is 0 Å². The molecular formula is C14H12N2O. The summed E-state index contributed by atoms with van der Waals surface area (Å²) in [5.74, 6) is 0.816. The van der Waals surface area contributed by atoms with Crippen LogP contribution in [-0.2, 0) is 7.05 Å². The molecular weight excluding hydrogens is 212 g/mol. The van der Waals surface area contributed by atoms with E-state index < -0.39 is 0 Å². The zero-order chi connectivity index (χ0) is 11.7. The summed E-state index contributed by atoms with van der Waals surface area (Å²) in [4.78, 5) is 4.30. The Balaban J connectivity index is 2.12. The topological polar surface area (TPSA) is 31.0 Å². The van der Waals surface area contributed by atoms with Crippen molar-refractivity contribution in [3.8, 4) is 22.6 Å². The molecule has 0 unspecified atom stereocenters. The molecule has 0 saturated heterocycles. The SMILES string of the molecule is Cn1ccc(-c2ncoc2-c2ccccc2)c1. The van der Waals surface area contributed by atoms with Gasteiger partial charge in [-0.25, -0.2) is 4.98 Å². The van der Waals surface area contributed by atoms with E-state index in [0.29, 0.717) is 0 Å². The van der Waals surface area contributed by atoms with E-state index in [1.165, 1.54) is 6.39 Å². The van der Waals surface area contributed by atoms with Crippen LogP contribution in [0.1, 0.15) is 0 Å². The minimum atomic E-state index is 0.816. The summed E-state index contributed by atoms with van der Waals surface area (Å²) < 4.78 is 7.49. The fourth-order valence-corrected chi connectivity index (χ4v) is 1.89. The van der Waals surface area contributed by atoms with Crippen molar-refractivity contribution >= 4 is 0 Å². The van der Waals surface area contributed by atoms with Crippen LogP contribution in [0.15, 0.2) is 59.6 Å². The molecule has 0 saturated carbocycles. The Bertz CT molecular complexity index is 622. The monoisotopic (exact) mass is 224 g/mol. The van der Waals surface area contributed by atoms with E-state index >= 15 is 0 Å². The van der Waals surface area contributed by atoms with E-state index in [2.05, 4.69) is 4.98 Å². The minimum Gasteiger partial charge on any atom is -0.443 e. The smallest absolute Gasteiger partial charge is 0.182 e. The zero-order valence-corrected chi connectivity index (χ0v) is 9.50. The van der Waals surface area contributed by atoms with Crippen LogP contribution >= 0.6 is 0 Å². The summed E-state index contributed by atoms with van der Waals surface area (Å²) in [6, 6.07) is 12.0. The van der Waals surface area contributed by atoms with E-state index in [-0.39, 0.29) is 0 Å². The fraction of sp³-hybridized carbons (Fsp3) is 0.0714. The maximum Gasteiger partial charge on any atom is 0.182 e. The van der Waals surface area contributed by atoms with Gasteiger partial charge in [-0.3, -0.25) is 0 Å². The Morgan fingerprint density at radius 2 is 1.88 bits per heavy atom. The standard InChI is InChI=1S/C14H12N2O/c1-16-8-7-12(9-16)13-14(17-10-15-13)11-5-3-2-4-6-11/h2-10H,1H3. The van der Waals surface area contributed by atoms with Crippen LogP contribution in [0, 0.1) is 0 Å². The second kappa shape index (κ2) is 3.94. The van der Waals surface area contributed by atoms with Crippen molar-refractivity contribution in [2.24, 2.45) is 7.05 Å². The quantitative estimate of drug-likeness (QED) is 0.668. The number of rotatable bonds is 2. The highest BCUT2D eigenvalue weighted by Crippen LogP contribution is 2.30. The lowest BCUT2D eigenvalue weighted by Crippen LogP contribution is -1.81. The molecule has 0 spiro atoms. The number of aryl methyl sites for hydroxylation is 1. The zero-order valence-electron chi connectivity index (χ0n) is 9.50. The summed E-state index contributed by atoms with van der Waals surface area (Å²) in [5, 5.41) is 0. The first-order chi connectivity index (χ1) is 8.34. The molecule has 17 heavy (non-hydrogen) atoms. The second-order valence-electron chi connectivity index (χ2n) is 3.96. The van der Waals surface area contributed by atoms with E-state index in [9.17, 15) is 0 Å². The van der Waals surface area contributed by atoms with Crippen LogP contribution in [-0.4, -0.2) is 9.55 Å².